The monoisotopic (exact) mass is 490 g/mol. The molecule has 0 unspecified atom stereocenters. The van der Waals surface area contributed by atoms with Crippen LogP contribution in [0.1, 0.15) is 43.2 Å². The molecule has 6 rings (SSSR count). The number of oxazole rings is 2. The van der Waals surface area contributed by atoms with Crippen molar-refractivity contribution in [2.24, 2.45) is 0 Å². The van der Waals surface area contributed by atoms with E-state index in [2.05, 4.69) is 31.2 Å². The van der Waals surface area contributed by atoms with Crippen LogP contribution in [0.2, 0.25) is 0 Å². The van der Waals surface area contributed by atoms with Crippen LogP contribution in [0.3, 0.4) is 0 Å². The maximum atomic E-state index is 9.58. The molecule has 2 aromatic heterocycles. The number of phenols is 2. The van der Waals surface area contributed by atoms with Gasteiger partial charge in [0.05, 0.1) is 0 Å². The molecule has 0 radical (unpaired) electrons. The van der Waals surface area contributed by atoms with Gasteiger partial charge in [-0.1, -0.05) is 31.9 Å². The summed E-state index contributed by atoms with van der Waals surface area (Å²) in [5.41, 5.74) is 7.05. The van der Waals surface area contributed by atoms with Crippen LogP contribution >= 0.6 is 0 Å². The second-order valence-electron chi connectivity index (χ2n) is 9.28. The number of aromatic hydroxyl groups is 2. The first-order chi connectivity index (χ1) is 18.1. The van der Waals surface area contributed by atoms with Gasteiger partial charge in [0.2, 0.25) is 11.8 Å². The van der Waals surface area contributed by atoms with Crippen LogP contribution in [-0.4, -0.2) is 20.2 Å². The molecular weight excluding hydrogens is 464 g/mol. The number of hydrogen-bond donors (Lipinski definition) is 2. The number of unbranched alkanes of at least 4 members (excludes halogenated alkanes) is 1. The van der Waals surface area contributed by atoms with Crippen LogP contribution in [0.5, 0.6) is 11.5 Å². The summed E-state index contributed by atoms with van der Waals surface area (Å²) in [7, 11) is 0. The Hall–Kier alpha value is -4.58. The quantitative estimate of drug-likeness (QED) is 0.235. The van der Waals surface area contributed by atoms with Gasteiger partial charge >= 0.3 is 0 Å². The molecule has 0 aliphatic heterocycles. The SMILES string of the molecule is CCCCC(c1ccc2oc(-c3ccc(O)cc3)nc2c1)c1ccc2oc(-c3ccc(O)cc3)nc2c1. The highest BCUT2D eigenvalue weighted by atomic mass is 16.4. The highest BCUT2D eigenvalue weighted by molar-refractivity contribution is 5.79. The third-order valence-electron chi connectivity index (χ3n) is 6.70. The Labute approximate surface area is 213 Å². The summed E-state index contributed by atoms with van der Waals surface area (Å²) in [6.07, 6.45) is 3.19. The van der Waals surface area contributed by atoms with Gasteiger partial charge in [-0.3, -0.25) is 0 Å². The van der Waals surface area contributed by atoms with Crippen molar-refractivity contribution in [3.8, 4) is 34.4 Å². The van der Waals surface area contributed by atoms with Crippen LogP contribution in [-0.2, 0) is 0 Å². The topological polar surface area (TPSA) is 92.5 Å². The van der Waals surface area contributed by atoms with Gasteiger partial charge in [0.25, 0.3) is 0 Å². The van der Waals surface area contributed by atoms with Gasteiger partial charge in [-0.05, 0) is 90.3 Å². The minimum Gasteiger partial charge on any atom is -0.508 e. The zero-order valence-corrected chi connectivity index (χ0v) is 20.4. The second-order valence-corrected chi connectivity index (χ2v) is 9.28. The first kappa shape index (κ1) is 22.9. The highest BCUT2D eigenvalue weighted by Crippen LogP contribution is 2.35. The summed E-state index contributed by atoms with van der Waals surface area (Å²) < 4.78 is 12.0. The fourth-order valence-electron chi connectivity index (χ4n) is 4.71. The van der Waals surface area contributed by atoms with Crippen LogP contribution < -0.4 is 0 Å². The molecule has 6 nitrogen and oxygen atoms in total. The number of hydrogen-bond acceptors (Lipinski definition) is 6. The lowest BCUT2D eigenvalue weighted by Gasteiger charge is -2.17. The van der Waals surface area contributed by atoms with Gasteiger partial charge in [0, 0.05) is 17.0 Å². The molecule has 0 aliphatic carbocycles. The molecule has 0 spiro atoms. The Morgan fingerprint density at radius 2 is 1.11 bits per heavy atom. The Balaban J connectivity index is 1.36. The molecule has 0 atom stereocenters. The minimum absolute atomic E-state index is 0.177. The average molecular weight is 491 g/mol. The lowest BCUT2D eigenvalue weighted by atomic mass is 9.87. The normalized spacial score (nSPS) is 11.6. The van der Waals surface area contributed by atoms with Gasteiger partial charge in [0.1, 0.15) is 22.5 Å². The van der Waals surface area contributed by atoms with Crippen molar-refractivity contribution in [1.82, 2.24) is 9.97 Å². The zero-order valence-electron chi connectivity index (χ0n) is 20.4. The fraction of sp³-hybridized carbons (Fsp3) is 0.161. The lowest BCUT2D eigenvalue weighted by Crippen LogP contribution is -2.01. The molecular formula is C31H26N2O4. The smallest absolute Gasteiger partial charge is 0.227 e. The van der Waals surface area contributed by atoms with E-state index in [1.54, 1.807) is 48.5 Å². The molecule has 4 aromatic carbocycles. The first-order valence-corrected chi connectivity index (χ1v) is 12.5. The Morgan fingerprint density at radius 1 is 0.649 bits per heavy atom. The lowest BCUT2D eigenvalue weighted by molar-refractivity contribution is 0.474. The molecule has 0 amide bonds. The van der Waals surface area contributed by atoms with E-state index in [4.69, 9.17) is 18.8 Å². The minimum atomic E-state index is 0.177. The van der Waals surface area contributed by atoms with E-state index >= 15 is 0 Å². The van der Waals surface area contributed by atoms with Crippen LogP contribution in [0, 0.1) is 0 Å². The molecule has 0 saturated heterocycles. The van der Waals surface area contributed by atoms with Crippen molar-refractivity contribution in [2.75, 3.05) is 0 Å². The summed E-state index contributed by atoms with van der Waals surface area (Å²) in [6.45, 7) is 2.20. The van der Waals surface area contributed by atoms with E-state index in [0.29, 0.717) is 11.8 Å². The maximum Gasteiger partial charge on any atom is 0.227 e. The fourth-order valence-corrected chi connectivity index (χ4v) is 4.71. The van der Waals surface area contributed by atoms with Crippen molar-refractivity contribution in [1.29, 1.82) is 0 Å². The zero-order chi connectivity index (χ0) is 25.4. The van der Waals surface area contributed by atoms with Crippen molar-refractivity contribution in [3.63, 3.8) is 0 Å². The summed E-state index contributed by atoms with van der Waals surface area (Å²) in [5.74, 6) is 1.66. The largest absolute Gasteiger partial charge is 0.508 e. The maximum absolute atomic E-state index is 9.58. The van der Waals surface area contributed by atoms with E-state index in [9.17, 15) is 10.2 Å². The Bertz CT molecular complexity index is 1560. The summed E-state index contributed by atoms with van der Waals surface area (Å²) in [4.78, 5) is 9.46. The van der Waals surface area contributed by atoms with Crippen molar-refractivity contribution in [2.45, 2.75) is 32.1 Å². The van der Waals surface area contributed by atoms with E-state index in [1.165, 1.54) is 11.1 Å². The molecule has 0 fully saturated rings. The molecule has 2 heterocycles. The van der Waals surface area contributed by atoms with Crippen molar-refractivity contribution < 1.29 is 19.0 Å². The van der Waals surface area contributed by atoms with E-state index in [-0.39, 0.29) is 17.4 Å². The molecule has 6 heteroatoms. The molecule has 0 aliphatic rings. The van der Waals surface area contributed by atoms with Gasteiger partial charge < -0.3 is 19.0 Å². The summed E-state index contributed by atoms with van der Waals surface area (Å²) >= 11 is 0. The van der Waals surface area contributed by atoms with Crippen molar-refractivity contribution >= 4 is 22.2 Å². The predicted molar refractivity (Wildman–Crippen MR) is 144 cm³/mol. The van der Waals surface area contributed by atoms with Crippen LogP contribution in [0.15, 0.2) is 93.8 Å². The Kier molecular flexibility index (Phi) is 5.85. The van der Waals surface area contributed by atoms with Crippen LogP contribution in [0.25, 0.3) is 45.1 Å². The summed E-state index contributed by atoms with van der Waals surface area (Å²) in [6, 6.07) is 26.1. The standard InChI is InChI=1S/C31H26N2O4/c1-2-3-4-25(21-9-15-28-26(17-21)32-30(36-28)19-5-11-23(34)12-6-19)22-10-16-29-27(18-22)33-31(37-29)20-7-13-24(35)14-8-20/h5-18,25,34-35H,2-4H2,1H3. The molecule has 37 heavy (non-hydrogen) atoms. The van der Waals surface area contributed by atoms with Crippen molar-refractivity contribution in [3.05, 3.63) is 96.1 Å². The number of phenolic OH excluding ortho intramolecular Hbond substituents is 2. The number of rotatable bonds is 7. The van der Waals surface area contributed by atoms with Gasteiger partial charge in [-0.25, -0.2) is 9.97 Å². The van der Waals surface area contributed by atoms with E-state index in [0.717, 1.165) is 52.6 Å². The number of benzene rings is 4. The van der Waals surface area contributed by atoms with E-state index in [1.807, 2.05) is 12.1 Å². The average Bonchev–Trinajstić information content (AvgIpc) is 3.53. The molecule has 2 N–H and O–H groups in total. The Morgan fingerprint density at radius 3 is 1.54 bits per heavy atom. The van der Waals surface area contributed by atoms with Gasteiger partial charge in [-0.15, -0.1) is 0 Å². The first-order valence-electron chi connectivity index (χ1n) is 12.5. The third kappa shape index (κ3) is 4.54. The van der Waals surface area contributed by atoms with Crippen LogP contribution in [0.4, 0.5) is 0 Å². The summed E-state index contributed by atoms with van der Waals surface area (Å²) in [5, 5.41) is 19.2. The van der Waals surface area contributed by atoms with E-state index < -0.39 is 0 Å². The van der Waals surface area contributed by atoms with Gasteiger partial charge in [-0.2, -0.15) is 0 Å². The molecule has 6 aromatic rings. The second kappa shape index (κ2) is 9.47. The molecule has 184 valence electrons. The number of aromatic nitrogens is 2. The van der Waals surface area contributed by atoms with Gasteiger partial charge in [0.15, 0.2) is 11.2 Å². The third-order valence-corrected chi connectivity index (χ3v) is 6.70. The molecule has 0 saturated carbocycles. The highest BCUT2D eigenvalue weighted by Gasteiger charge is 2.18. The predicted octanol–water partition coefficient (Wildman–Crippen LogP) is 8.04. The molecule has 0 bridgehead atoms. The number of nitrogens with zero attached hydrogens (tertiary/aromatic N) is 2. The number of fused-ring (bicyclic) bond motifs is 2.